The molecule has 1 amide bonds. The molecule has 1 heterocycles. The Morgan fingerprint density at radius 2 is 1.78 bits per heavy atom. The Kier molecular flexibility index (Phi) is 7.01. The first-order valence-electron chi connectivity index (χ1n) is 10.8. The summed E-state index contributed by atoms with van der Waals surface area (Å²) in [6.45, 7) is 0.384. The van der Waals surface area contributed by atoms with E-state index in [4.69, 9.17) is 33.2 Å². The Hall–Kier alpha value is -2.57. The molecule has 0 unspecified atom stereocenters. The number of nitrogens with one attached hydrogen (secondary N) is 2. The predicted octanol–water partition coefficient (Wildman–Crippen LogP) is 5.29. The number of hydrogen-bond acceptors (Lipinski definition) is 5. The van der Waals surface area contributed by atoms with Gasteiger partial charge in [-0.1, -0.05) is 47.5 Å². The number of anilines is 2. The first-order valence-corrected chi connectivity index (χ1v) is 11.6. The highest BCUT2D eigenvalue weighted by atomic mass is 35.5. The molecule has 32 heavy (non-hydrogen) atoms. The standard InChI is InChI=1S/C24H27Cl2N5O/c1-31(2)22-18-7-3-4-9-20(18)29-24(30-22)28-17-12-10-15(11-13-17)23(32)27-14-16-6-5-8-19(25)21(16)26/h3-9,15,17H,10-14H2,1-2H3,(H,27,32)(H,28,29,30). The summed E-state index contributed by atoms with van der Waals surface area (Å²) in [5.74, 6) is 1.60. The van der Waals surface area contributed by atoms with Crippen LogP contribution in [-0.4, -0.2) is 36.0 Å². The van der Waals surface area contributed by atoms with Crippen LogP contribution in [0.25, 0.3) is 10.9 Å². The minimum Gasteiger partial charge on any atom is -0.362 e. The molecule has 168 valence electrons. The van der Waals surface area contributed by atoms with Crippen molar-refractivity contribution in [3.8, 4) is 0 Å². The first kappa shape index (κ1) is 22.6. The molecule has 2 N–H and O–H groups in total. The molecule has 0 radical (unpaired) electrons. The zero-order valence-electron chi connectivity index (χ0n) is 18.2. The molecule has 1 aliphatic carbocycles. The molecule has 8 heteroatoms. The summed E-state index contributed by atoms with van der Waals surface area (Å²) >= 11 is 12.3. The van der Waals surface area contributed by atoms with Gasteiger partial charge < -0.3 is 15.5 Å². The number of carbonyl (C=O) groups excluding carboxylic acids is 1. The number of benzene rings is 2. The molecular formula is C24H27Cl2N5O. The molecule has 0 saturated heterocycles. The second-order valence-electron chi connectivity index (χ2n) is 8.41. The van der Waals surface area contributed by atoms with Crippen molar-refractivity contribution in [3.05, 3.63) is 58.1 Å². The normalized spacial score (nSPS) is 18.4. The smallest absolute Gasteiger partial charge is 0.225 e. The van der Waals surface area contributed by atoms with Crippen molar-refractivity contribution in [2.45, 2.75) is 38.3 Å². The quantitative estimate of drug-likeness (QED) is 0.510. The van der Waals surface area contributed by atoms with E-state index in [1.54, 1.807) is 6.07 Å². The largest absolute Gasteiger partial charge is 0.362 e. The number of rotatable bonds is 6. The molecule has 3 aromatic rings. The van der Waals surface area contributed by atoms with Crippen molar-refractivity contribution >= 4 is 51.8 Å². The average molecular weight is 472 g/mol. The highest BCUT2D eigenvalue weighted by Gasteiger charge is 2.27. The van der Waals surface area contributed by atoms with Gasteiger partial charge in [0.25, 0.3) is 0 Å². The second-order valence-corrected chi connectivity index (χ2v) is 9.19. The Morgan fingerprint density at radius 1 is 1.03 bits per heavy atom. The molecule has 1 fully saturated rings. The monoisotopic (exact) mass is 471 g/mol. The highest BCUT2D eigenvalue weighted by Crippen LogP contribution is 2.29. The van der Waals surface area contributed by atoms with Crippen molar-refractivity contribution < 1.29 is 4.79 Å². The van der Waals surface area contributed by atoms with Crippen molar-refractivity contribution in [2.24, 2.45) is 5.92 Å². The van der Waals surface area contributed by atoms with E-state index in [-0.39, 0.29) is 17.9 Å². The number of halogens is 2. The number of hydrogen-bond donors (Lipinski definition) is 2. The predicted molar refractivity (Wildman–Crippen MR) is 132 cm³/mol. The van der Waals surface area contributed by atoms with Crippen LogP contribution in [0.2, 0.25) is 10.0 Å². The van der Waals surface area contributed by atoms with Crippen LogP contribution in [-0.2, 0) is 11.3 Å². The van der Waals surface area contributed by atoms with E-state index in [0.29, 0.717) is 22.5 Å². The van der Waals surface area contributed by atoms with Crippen LogP contribution in [0.3, 0.4) is 0 Å². The zero-order chi connectivity index (χ0) is 22.7. The molecule has 1 aliphatic rings. The minimum atomic E-state index is 0.000803. The summed E-state index contributed by atoms with van der Waals surface area (Å²) < 4.78 is 0. The van der Waals surface area contributed by atoms with E-state index in [0.717, 1.165) is 48.0 Å². The molecule has 6 nitrogen and oxygen atoms in total. The van der Waals surface area contributed by atoms with Gasteiger partial charge in [0.05, 0.1) is 15.6 Å². The third-order valence-corrected chi connectivity index (χ3v) is 6.78. The van der Waals surface area contributed by atoms with E-state index in [1.165, 1.54) is 0 Å². The van der Waals surface area contributed by atoms with E-state index in [9.17, 15) is 4.79 Å². The molecule has 2 aromatic carbocycles. The zero-order valence-corrected chi connectivity index (χ0v) is 19.7. The van der Waals surface area contributed by atoms with Gasteiger partial charge in [-0.3, -0.25) is 4.79 Å². The van der Waals surface area contributed by atoms with Gasteiger partial charge >= 0.3 is 0 Å². The number of aromatic nitrogens is 2. The van der Waals surface area contributed by atoms with E-state index in [1.807, 2.05) is 55.4 Å². The lowest BCUT2D eigenvalue weighted by Crippen LogP contribution is -2.36. The van der Waals surface area contributed by atoms with Crippen molar-refractivity contribution in [1.29, 1.82) is 0 Å². The van der Waals surface area contributed by atoms with Gasteiger partial charge in [0, 0.05) is 38.0 Å². The summed E-state index contributed by atoms with van der Waals surface area (Å²) in [4.78, 5) is 24.1. The number of nitrogens with zero attached hydrogens (tertiary/aromatic N) is 3. The molecule has 0 spiro atoms. The van der Waals surface area contributed by atoms with Gasteiger partial charge in [-0.15, -0.1) is 0 Å². The fourth-order valence-corrected chi connectivity index (χ4v) is 4.55. The Labute approximate surface area is 198 Å². The van der Waals surface area contributed by atoms with E-state index in [2.05, 4.69) is 10.6 Å². The Balaban J connectivity index is 1.34. The Morgan fingerprint density at radius 3 is 2.53 bits per heavy atom. The summed E-state index contributed by atoms with van der Waals surface area (Å²) in [7, 11) is 3.97. The maximum atomic E-state index is 12.7. The van der Waals surface area contributed by atoms with Gasteiger partial charge in [-0.25, -0.2) is 4.98 Å². The minimum absolute atomic E-state index is 0.000803. The third-order valence-electron chi connectivity index (χ3n) is 5.92. The lowest BCUT2D eigenvalue weighted by molar-refractivity contribution is -0.126. The van der Waals surface area contributed by atoms with Crippen molar-refractivity contribution in [1.82, 2.24) is 15.3 Å². The SMILES string of the molecule is CN(C)c1nc(NC2CCC(C(=O)NCc3cccc(Cl)c3Cl)CC2)nc2ccccc12. The van der Waals surface area contributed by atoms with Crippen LogP contribution in [0.5, 0.6) is 0 Å². The van der Waals surface area contributed by atoms with Gasteiger partial charge in [-0.05, 0) is 49.4 Å². The van der Waals surface area contributed by atoms with Crippen LogP contribution in [0.15, 0.2) is 42.5 Å². The Bertz CT molecular complexity index is 1110. The molecule has 1 aromatic heterocycles. The van der Waals surface area contributed by atoms with Crippen LogP contribution >= 0.6 is 23.2 Å². The van der Waals surface area contributed by atoms with E-state index < -0.39 is 0 Å². The molecule has 0 aliphatic heterocycles. The van der Waals surface area contributed by atoms with Crippen LogP contribution < -0.4 is 15.5 Å². The number of carbonyl (C=O) groups is 1. The van der Waals surface area contributed by atoms with Gasteiger partial charge in [-0.2, -0.15) is 4.98 Å². The topological polar surface area (TPSA) is 70.2 Å². The molecular weight excluding hydrogens is 445 g/mol. The third kappa shape index (κ3) is 5.08. The number of fused-ring (bicyclic) bond motifs is 1. The maximum Gasteiger partial charge on any atom is 0.225 e. The first-order chi connectivity index (χ1) is 15.4. The lowest BCUT2D eigenvalue weighted by Gasteiger charge is -2.28. The van der Waals surface area contributed by atoms with Gasteiger partial charge in [0.15, 0.2) is 0 Å². The molecule has 4 rings (SSSR count). The van der Waals surface area contributed by atoms with Gasteiger partial charge in [0.1, 0.15) is 5.82 Å². The maximum absolute atomic E-state index is 12.7. The summed E-state index contributed by atoms with van der Waals surface area (Å²) in [6, 6.07) is 13.7. The van der Waals surface area contributed by atoms with Gasteiger partial charge in [0.2, 0.25) is 11.9 Å². The molecule has 0 bridgehead atoms. The van der Waals surface area contributed by atoms with Crippen LogP contribution in [0.4, 0.5) is 11.8 Å². The molecule has 1 saturated carbocycles. The average Bonchev–Trinajstić information content (AvgIpc) is 2.79. The molecule has 0 atom stereocenters. The summed E-state index contributed by atoms with van der Waals surface area (Å²) in [5, 5.41) is 8.52. The summed E-state index contributed by atoms with van der Waals surface area (Å²) in [5.41, 5.74) is 1.74. The number of para-hydroxylation sites is 1. The van der Waals surface area contributed by atoms with Crippen molar-refractivity contribution in [2.75, 3.05) is 24.3 Å². The summed E-state index contributed by atoms with van der Waals surface area (Å²) in [6.07, 6.45) is 3.43. The fourth-order valence-electron chi connectivity index (χ4n) is 4.16. The highest BCUT2D eigenvalue weighted by molar-refractivity contribution is 6.42. The van der Waals surface area contributed by atoms with Crippen LogP contribution in [0.1, 0.15) is 31.2 Å². The van der Waals surface area contributed by atoms with E-state index >= 15 is 0 Å². The van der Waals surface area contributed by atoms with Crippen molar-refractivity contribution in [3.63, 3.8) is 0 Å². The van der Waals surface area contributed by atoms with Crippen LogP contribution in [0, 0.1) is 5.92 Å². The number of amides is 1. The second kappa shape index (κ2) is 9.92. The lowest BCUT2D eigenvalue weighted by atomic mass is 9.85. The fraction of sp³-hybridized carbons (Fsp3) is 0.375.